The topological polar surface area (TPSA) is 83.5 Å². The molecule has 0 bridgehead atoms. The third-order valence-electron chi connectivity index (χ3n) is 2.64. The van der Waals surface area contributed by atoms with Gasteiger partial charge >= 0.3 is 0 Å². The van der Waals surface area contributed by atoms with Gasteiger partial charge in [0.25, 0.3) is 5.91 Å². The monoisotopic (exact) mass is 305 g/mol. The SMILES string of the molecule is CCC(CO)NC(=O)c1ccc(Cl)c(S(C)(=O)=O)c1. The Bertz CT molecular complexity index is 567. The van der Waals surface area contributed by atoms with Crippen LogP contribution in [0.25, 0.3) is 0 Å². The van der Waals surface area contributed by atoms with Crippen molar-refractivity contribution in [1.82, 2.24) is 5.32 Å². The van der Waals surface area contributed by atoms with Gasteiger partial charge in [0.2, 0.25) is 0 Å². The van der Waals surface area contributed by atoms with E-state index >= 15 is 0 Å². The number of halogens is 1. The largest absolute Gasteiger partial charge is 0.394 e. The van der Waals surface area contributed by atoms with Crippen molar-refractivity contribution < 1.29 is 18.3 Å². The fraction of sp³-hybridized carbons (Fsp3) is 0.417. The summed E-state index contributed by atoms with van der Waals surface area (Å²) in [6.45, 7) is 1.65. The van der Waals surface area contributed by atoms with Gasteiger partial charge in [0.1, 0.15) is 0 Å². The molecule has 0 spiro atoms. The molecule has 1 rings (SSSR count). The predicted molar refractivity (Wildman–Crippen MR) is 73.2 cm³/mol. The first-order chi connectivity index (χ1) is 8.79. The lowest BCUT2D eigenvalue weighted by molar-refractivity contribution is 0.0914. The number of rotatable bonds is 5. The van der Waals surface area contributed by atoms with Crippen molar-refractivity contribution in [3.63, 3.8) is 0 Å². The summed E-state index contributed by atoms with van der Waals surface area (Å²) >= 11 is 5.79. The Labute approximate surface area is 117 Å². The number of aliphatic hydroxyl groups excluding tert-OH is 1. The van der Waals surface area contributed by atoms with Crippen LogP contribution in [0.1, 0.15) is 23.7 Å². The van der Waals surface area contributed by atoms with Gasteiger partial charge < -0.3 is 10.4 Å². The van der Waals surface area contributed by atoms with E-state index in [0.29, 0.717) is 6.42 Å². The smallest absolute Gasteiger partial charge is 0.251 e. The molecule has 7 heteroatoms. The zero-order chi connectivity index (χ0) is 14.6. The molecule has 0 saturated heterocycles. The molecule has 0 aromatic heterocycles. The minimum Gasteiger partial charge on any atom is -0.394 e. The van der Waals surface area contributed by atoms with Crippen LogP contribution in [0.2, 0.25) is 5.02 Å². The number of nitrogens with one attached hydrogen (secondary N) is 1. The summed E-state index contributed by atoms with van der Waals surface area (Å²) in [5.74, 6) is -0.442. The summed E-state index contributed by atoms with van der Waals surface area (Å²) in [6.07, 6.45) is 1.60. The minimum atomic E-state index is -3.49. The molecule has 0 aliphatic heterocycles. The lowest BCUT2D eigenvalue weighted by atomic mass is 10.2. The van der Waals surface area contributed by atoms with Gasteiger partial charge in [-0.15, -0.1) is 0 Å². The normalized spacial score (nSPS) is 13.1. The number of benzene rings is 1. The molecule has 1 amide bonds. The second-order valence-corrected chi connectivity index (χ2v) is 6.57. The maximum Gasteiger partial charge on any atom is 0.251 e. The molecule has 1 unspecified atom stereocenters. The van der Waals surface area contributed by atoms with Crippen molar-refractivity contribution in [3.8, 4) is 0 Å². The van der Waals surface area contributed by atoms with E-state index in [2.05, 4.69) is 5.32 Å². The fourth-order valence-corrected chi connectivity index (χ4v) is 2.78. The highest BCUT2D eigenvalue weighted by atomic mass is 35.5. The predicted octanol–water partition coefficient (Wildman–Crippen LogP) is 1.24. The van der Waals surface area contributed by atoms with Crippen LogP contribution in [0.5, 0.6) is 0 Å². The van der Waals surface area contributed by atoms with Crippen LogP contribution in [0.3, 0.4) is 0 Å². The highest BCUT2D eigenvalue weighted by molar-refractivity contribution is 7.90. The van der Waals surface area contributed by atoms with Gasteiger partial charge in [-0.1, -0.05) is 18.5 Å². The van der Waals surface area contributed by atoms with Crippen molar-refractivity contribution in [2.24, 2.45) is 0 Å². The zero-order valence-corrected chi connectivity index (χ0v) is 12.3. The van der Waals surface area contributed by atoms with Crippen molar-refractivity contribution in [2.45, 2.75) is 24.3 Å². The first kappa shape index (κ1) is 15.9. The Kier molecular flexibility index (Phi) is 5.34. The van der Waals surface area contributed by atoms with E-state index in [4.69, 9.17) is 16.7 Å². The lowest BCUT2D eigenvalue weighted by Gasteiger charge is -2.14. The molecule has 106 valence electrons. The minimum absolute atomic E-state index is 0.0771. The Balaban J connectivity index is 3.06. The van der Waals surface area contributed by atoms with Crippen LogP contribution in [0, 0.1) is 0 Å². The standard InChI is InChI=1S/C12H16ClNO4S/c1-3-9(7-15)14-12(16)8-4-5-10(13)11(6-8)19(2,17)18/h4-6,9,15H,3,7H2,1-2H3,(H,14,16). The molecule has 5 nitrogen and oxygen atoms in total. The van der Waals surface area contributed by atoms with Crippen LogP contribution in [0.15, 0.2) is 23.1 Å². The van der Waals surface area contributed by atoms with Crippen LogP contribution in [-0.2, 0) is 9.84 Å². The van der Waals surface area contributed by atoms with Gasteiger partial charge in [0.05, 0.1) is 22.6 Å². The number of aliphatic hydroxyl groups is 1. The number of hydrogen-bond acceptors (Lipinski definition) is 4. The Morgan fingerprint density at radius 2 is 2.11 bits per heavy atom. The van der Waals surface area contributed by atoms with E-state index in [-0.39, 0.29) is 28.1 Å². The summed E-state index contributed by atoms with van der Waals surface area (Å²) in [7, 11) is -3.49. The first-order valence-corrected chi connectivity index (χ1v) is 7.97. The van der Waals surface area contributed by atoms with Crippen molar-refractivity contribution in [3.05, 3.63) is 28.8 Å². The van der Waals surface area contributed by atoms with Crippen LogP contribution < -0.4 is 5.32 Å². The van der Waals surface area contributed by atoms with E-state index in [1.54, 1.807) is 0 Å². The average Bonchev–Trinajstić information content (AvgIpc) is 2.34. The lowest BCUT2D eigenvalue weighted by Crippen LogP contribution is -2.36. The number of carbonyl (C=O) groups excluding carboxylic acids is 1. The second-order valence-electron chi connectivity index (χ2n) is 4.18. The Morgan fingerprint density at radius 3 is 2.58 bits per heavy atom. The third kappa shape index (κ3) is 4.19. The molecule has 2 N–H and O–H groups in total. The van der Waals surface area contributed by atoms with Crippen LogP contribution in [-0.4, -0.2) is 38.3 Å². The van der Waals surface area contributed by atoms with Crippen molar-refractivity contribution in [2.75, 3.05) is 12.9 Å². The van der Waals surface area contributed by atoms with Gasteiger partial charge in [-0.05, 0) is 24.6 Å². The quantitative estimate of drug-likeness (QED) is 0.857. The molecule has 0 fully saturated rings. The van der Waals surface area contributed by atoms with Crippen molar-refractivity contribution in [1.29, 1.82) is 0 Å². The van der Waals surface area contributed by atoms with E-state index in [9.17, 15) is 13.2 Å². The van der Waals surface area contributed by atoms with E-state index < -0.39 is 15.7 Å². The third-order valence-corrected chi connectivity index (χ3v) is 4.22. The molecule has 0 radical (unpaired) electrons. The second kappa shape index (κ2) is 6.36. The van der Waals surface area contributed by atoms with Gasteiger partial charge in [0, 0.05) is 11.8 Å². The molecule has 0 aliphatic carbocycles. The van der Waals surface area contributed by atoms with Gasteiger partial charge in [0.15, 0.2) is 9.84 Å². The van der Waals surface area contributed by atoms with E-state index in [1.165, 1.54) is 18.2 Å². The molecule has 1 atom stereocenters. The fourth-order valence-electron chi connectivity index (χ4n) is 1.47. The van der Waals surface area contributed by atoms with Crippen LogP contribution in [0.4, 0.5) is 0 Å². The molecule has 0 heterocycles. The molecular formula is C12H16ClNO4S. The highest BCUT2D eigenvalue weighted by Gasteiger charge is 2.17. The summed E-state index contributed by atoms with van der Waals surface area (Å²) in [5, 5.41) is 11.7. The summed E-state index contributed by atoms with van der Waals surface area (Å²) in [5.41, 5.74) is 0.191. The van der Waals surface area contributed by atoms with E-state index in [0.717, 1.165) is 6.26 Å². The zero-order valence-electron chi connectivity index (χ0n) is 10.7. The summed E-state index contributed by atoms with van der Waals surface area (Å²) in [6, 6.07) is 3.69. The number of hydrogen-bond donors (Lipinski definition) is 2. The average molecular weight is 306 g/mol. The molecule has 0 aliphatic rings. The molecule has 0 saturated carbocycles. The molecule has 1 aromatic carbocycles. The van der Waals surface area contributed by atoms with Crippen molar-refractivity contribution >= 4 is 27.3 Å². The number of amides is 1. The van der Waals surface area contributed by atoms with Crippen LogP contribution >= 0.6 is 11.6 Å². The first-order valence-electron chi connectivity index (χ1n) is 5.71. The van der Waals surface area contributed by atoms with Gasteiger partial charge in [-0.2, -0.15) is 0 Å². The van der Waals surface area contributed by atoms with E-state index in [1.807, 2.05) is 6.92 Å². The molecular weight excluding hydrogens is 290 g/mol. The maximum absolute atomic E-state index is 11.9. The maximum atomic E-state index is 11.9. The molecule has 19 heavy (non-hydrogen) atoms. The summed E-state index contributed by atoms with van der Waals surface area (Å²) < 4.78 is 23.0. The number of carbonyl (C=O) groups is 1. The Morgan fingerprint density at radius 1 is 1.47 bits per heavy atom. The molecule has 1 aromatic rings. The Hall–Kier alpha value is -1.11. The van der Waals surface area contributed by atoms with Gasteiger partial charge in [-0.25, -0.2) is 8.42 Å². The van der Waals surface area contributed by atoms with Gasteiger partial charge in [-0.3, -0.25) is 4.79 Å². The highest BCUT2D eigenvalue weighted by Crippen LogP contribution is 2.22. The summed E-state index contributed by atoms with van der Waals surface area (Å²) in [4.78, 5) is 11.8. The number of sulfone groups is 1.